The molecule has 1 atom stereocenters. The van der Waals surface area contributed by atoms with E-state index in [1.54, 1.807) is 0 Å². The van der Waals surface area contributed by atoms with Gasteiger partial charge in [0.2, 0.25) is 5.91 Å². The topological polar surface area (TPSA) is 58.4 Å². The molecule has 1 aromatic rings. The van der Waals surface area contributed by atoms with Crippen molar-refractivity contribution in [3.8, 4) is 0 Å². The van der Waals surface area contributed by atoms with Crippen LogP contribution in [-0.2, 0) is 11.3 Å². The van der Waals surface area contributed by atoms with Crippen LogP contribution in [0, 0.1) is 13.8 Å². The minimum Gasteiger partial charge on any atom is -0.361 e. The molecule has 5 heteroatoms. The summed E-state index contributed by atoms with van der Waals surface area (Å²) in [6.07, 6.45) is 3.35. The van der Waals surface area contributed by atoms with Crippen molar-refractivity contribution in [1.29, 1.82) is 0 Å². The number of hydrogen-bond donors (Lipinski definition) is 1. The number of nitrogens with zero attached hydrogens (tertiary/aromatic N) is 2. The SMILES string of the molecule is Cc1noc(C)c1CN1CCC(NC2CC2)C1=O. The van der Waals surface area contributed by atoms with E-state index in [-0.39, 0.29) is 11.9 Å². The Morgan fingerprint density at radius 3 is 2.78 bits per heavy atom. The first kappa shape index (κ1) is 11.7. The second kappa shape index (κ2) is 4.39. The molecule has 0 aromatic carbocycles. The molecule has 1 saturated heterocycles. The highest BCUT2D eigenvalue weighted by Crippen LogP contribution is 2.24. The van der Waals surface area contributed by atoms with Gasteiger partial charge in [-0.25, -0.2) is 0 Å². The summed E-state index contributed by atoms with van der Waals surface area (Å²) in [6.45, 7) is 5.28. The summed E-state index contributed by atoms with van der Waals surface area (Å²) in [6, 6.07) is 0.607. The van der Waals surface area contributed by atoms with Gasteiger partial charge in [-0.1, -0.05) is 5.16 Å². The Kier molecular flexibility index (Phi) is 2.86. The molecule has 5 nitrogen and oxygen atoms in total. The van der Waals surface area contributed by atoms with Crippen LogP contribution >= 0.6 is 0 Å². The van der Waals surface area contributed by atoms with Crippen molar-refractivity contribution in [1.82, 2.24) is 15.4 Å². The maximum absolute atomic E-state index is 12.2. The first-order valence-corrected chi connectivity index (χ1v) is 6.61. The Morgan fingerprint density at radius 1 is 1.39 bits per heavy atom. The number of carbonyl (C=O) groups excluding carboxylic acids is 1. The number of rotatable bonds is 4. The number of hydrogen-bond acceptors (Lipinski definition) is 4. The van der Waals surface area contributed by atoms with E-state index in [0.29, 0.717) is 12.6 Å². The molecule has 0 spiro atoms. The van der Waals surface area contributed by atoms with Crippen molar-refractivity contribution >= 4 is 5.91 Å². The standard InChI is InChI=1S/C13H19N3O2/c1-8-11(9(2)18-15-8)7-16-6-5-12(13(16)17)14-10-3-4-10/h10,12,14H,3-7H2,1-2H3. The molecular formula is C13H19N3O2. The Labute approximate surface area is 107 Å². The van der Waals surface area contributed by atoms with Gasteiger partial charge in [-0.15, -0.1) is 0 Å². The van der Waals surface area contributed by atoms with E-state index in [4.69, 9.17) is 4.52 Å². The monoisotopic (exact) mass is 249 g/mol. The molecule has 1 aliphatic carbocycles. The average Bonchev–Trinajstić information content (AvgIpc) is 3.03. The van der Waals surface area contributed by atoms with Crippen LogP contribution in [0.25, 0.3) is 0 Å². The van der Waals surface area contributed by atoms with Crippen LogP contribution < -0.4 is 5.32 Å². The summed E-state index contributed by atoms with van der Waals surface area (Å²) >= 11 is 0. The molecule has 1 amide bonds. The summed E-state index contributed by atoms with van der Waals surface area (Å²) in [4.78, 5) is 14.1. The third-order valence-electron chi connectivity index (χ3n) is 3.84. The van der Waals surface area contributed by atoms with Crippen LogP contribution in [0.4, 0.5) is 0 Å². The van der Waals surface area contributed by atoms with Crippen LogP contribution in [0.2, 0.25) is 0 Å². The Hall–Kier alpha value is -1.36. The number of aromatic nitrogens is 1. The zero-order valence-electron chi connectivity index (χ0n) is 10.9. The van der Waals surface area contributed by atoms with Crippen molar-refractivity contribution in [2.45, 2.75) is 51.7 Å². The molecule has 1 saturated carbocycles. The molecule has 18 heavy (non-hydrogen) atoms. The molecule has 0 radical (unpaired) electrons. The van der Waals surface area contributed by atoms with E-state index in [0.717, 1.165) is 30.0 Å². The molecular weight excluding hydrogens is 230 g/mol. The largest absolute Gasteiger partial charge is 0.361 e. The molecule has 1 aliphatic heterocycles. The minimum atomic E-state index is 0.0259. The number of likely N-dealkylation sites (tertiary alicyclic amines) is 1. The fraction of sp³-hybridized carbons (Fsp3) is 0.692. The van der Waals surface area contributed by atoms with Crippen molar-refractivity contribution in [2.24, 2.45) is 0 Å². The maximum atomic E-state index is 12.2. The normalized spacial score (nSPS) is 24.0. The van der Waals surface area contributed by atoms with Crippen molar-refractivity contribution in [3.05, 3.63) is 17.0 Å². The summed E-state index contributed by atoms with van der Waals surface area (Å²) < 4.78 is 5.14. The smallest absolute Gasteiger partial charge is 0.240 e. The third kappa shape index (κ3) is 2.14. The molecule has 2 heterocycles. The third-order valence-corrected chi connectivity index (χ3v) is 3.84. The summed E-state index contributed by atoms with van der Waals surface area (Å²) in [7, 11) is 0. The van der Waals surface area contributed by atoms with Gasteiger partial charge >= 0.3 is 0 Å². The maximum Gasteiger partial charge on any atom is 0.240 e. The Bertz CT molecular complexity index is 445. The van der Waals surface area contributed by atoms with Crippen LogP contribution in [0.5, 0.6) is 0 Å². The lowest BCUT2D eigenvalue weighted by molar-refractivity contribution is -0.130. The van der Waals surface area contributed by atoms with Crippen LogP contribution in [-0.4, -0.2) is 34.6 Å². The average molecular weight is 249 g/mol. The lowest BCUT2D eigenvalue weighted by atomic mass is 10.2. The zero-order valence-corrected chi connectivity index (χ0v) is 10.9. The van der Waals surface area contributed by atoms with Gasteiger partial charge in [0, 0.05) is 18.2 Å². The molecule has 2 aliphatic rings. The highest BCUT2D eigenvalue weighted by Gasteiger charge is 2.35. The molecule has 0 bridgehead atoms. The van der Waals surface area contributed by atoms with E-state index in [9.17, 15) is 4.79 Å². The molecule has 1 N–H and O–H groups in total. The highest BCUT2D eigenvalue weighted by atomic mass is 16.5. The van der Waals surface area contributed by atoms with Gasteiger partial charge in [-0.3, -0.25) is 4.79 Å². The summed E-state index contributed by atoms with van der Waals surface area (Å²) in [5.74, 6) is 1.04. The first-order valence-electron chi connectivity index (χ1n) is 6.61. The van der Waals surface area contributed by atoms with Gasteiger partial charge in [0.1, 0.15) is 5.76 Å². The van der Waals surface area contributed by atoms with Crippen LogP contribution in [0.3, 0.4) is 0 Å². The molecule has 1 aromatic heterocycles. The quantitative estimate of drug-likeness (QED) is 0.869. The Morgan fingerprint density at radius 2 is 2.17 bits per heavy atom. The number of carbonyl (C=O) groups is 1. The zero-order chi connectivity index (χ0) is 12.7. The van der Waals surface area contributed by atoms with Crippen LogP contribution in [0.15, 0.2) is 4.52 Å². The van der Waals surface area contributed by atoms with Gasteiger partial charge in [0.05, 0.1) is 18.3 Å². The molecule has 3 rings (SSSR count). The van der Waals surface area contributed by atoms with Crippen molar-refractivity contribution in [2.75, 3.05) is 6.54 Å². The van der Waals surface area contributed by atoms with Gasteiger partial charge < -0.3 is 14.7 Å². The second-order valence-electron chi connectivity index (χ2n) is 5.34. The summed E-state index contributed by atoms with van der Waals surface area (Å²) in [5.41, 5.74) is 1.94. The van der Waals surface area contributed by atoms with E-state index in [1.807, 2.05) is 18.7 Å². The van der Waals surface area contributed by atoms with E-state index in [2.05, 4.69) is 10.5 Å². The predicted molar refractivity (Wildman–Crippen MR) is 66.0 cm³/mol. The number of aryl methyl sites for hydroxylation is 2. The number of amides is 1. The van der Waals surface area contributed by atoms with Crippen molar-refractivity contribution < 1.29 is 9.32 Å². The fourth-order valence-corrected chi connectivity index (χ4v) is 2.50. The van der Waals surface area contributed by atoms with Gasteiger partial charge in [0.25, 0.3) is 0 Å². The Balaban J connectivity index is 1.65. The highest BCUT2D eigenvalue weighted by molar-refractivity contribution is 5.84. The van der Waals surface area contributed by atoms with E-state index >= 15 is 0 Å². The minimum absolute atomic E-state index is 0.0259. The van der Waals surface area contributed by atoms with Gasteiger partial charge in [0.15, 0.2) is 0 Å². The molecule has 1 unspecified atom stereocenters. The van der Waals surface area contributed by atoms with Gasteiger partial charge in [-0.05, 0) is 33.1 Å². The van der Waals surface area contributed by atoms with Gasteiger partial charge in [-0.2, -0.15) is 0 Å². The molecule has 98 valence electrons. The summed E-state index contributed by atoms with van der Waals surface area (Å²) in [5, 5.41) is 7.34. The van der Waals surface area contributed by atoms with E-state index < -0.39 is 0 Å². The fourth-order valence-electron chi connectivity index (χ4n) is 2.50. The lowest BCUT2D eigenvalue weighted by Crippen LogP contribution is -2.39. The first-order chi connectivity index (χ1) is 8.65. The predicted octanol–water partition coefficient (Wildman–Crippen LogP) is 1.14. The van der Waals surface area contributed by atoms with E-state index in [1.165, 1.54) is 12.8 Å². The number of nitrogens with one attached hydrogen (secondary N) is 1. The molecule has 2 fully saturated rings. The lowest BCUT2D eigenvalue weighted by Gasteiger charge is -2.16. The van der Waals surface area contributed by atoms with Crippen molar-refractivity contribution in [3.63, 3.8) is 0 Å². The van der Waals surface area contributed by atoms with Crippen LogP contribution in [0.1, 0.15) is 36.3 Å². The second-order valence-corrected chi connectivity index (χ2v) is 5.34.